The molecule has 1 N–H and O–H groups in total. The highest BCUT2D eigenvalue weighted by molar-refractivity contribution is 4.89. The van der Waals surface area contributed by atoms with Gasteiger partial charge in [-0.2, -0.15) is 0 Å². The smallest absolute Gasteiger partial charge is 0.0124 e. The van der Waals surface area contributed by atoms with Gasteiger partial charge in [0, 0.05) is 19.1 Å². The molecule has 0 amide bonds. The van der Waals surface area contributed by atoms with E-state index in [0.717, 1.165) is 12.0 Å². The zero-order valence-electron chi connectivity index (χ0n) is 11.6. The molecule has 0 aromatic rings. The number of fused-ring (bicyclic) bond motifs is 1. The fraction of sp³-hybridized carbons (Fsp3) is 1.00. The minimum Gasteiger partial charge on any atom is -0.315 e. The topological polar surface area (TPSA) is 15.3 Å². The molecule has 1 saturated carbocycles. The molecule has 0 radical (unpaired) electrons. The maximum Gasteiger partial charge on any atom is 0.0124 e. The third-order valence-electron chi connectivity index (χ3n) is 4.64. The summed E-state index contributed by atoms with van der Waals surface area (Å²) >= 11 is 0. The minimum absolute atomic E-state index is 0.946. The van der Waals surface area contributed by atoms with E-state index in [1.807, 2.05) is 0 Å². The summed E-state index contributed by atoms with van der Waals surface area (Å²) in [6, 6.07) is 0.946. The molecule has 100 valence electrons. The summed E-state index contributed by atoms with van der Waals surface area (Å²) in [7, 11) is 0. The Morgan fingerprint density at radius 3 is 2.82 bits per heavy atom. The van der Waals surface area contributed by atoms with Crippen LogP contribution in [0.2, 0.25) is 0 Å². The summed E-state index contributed by atoms with van der Waals surface area (Å²) in [4.78, 5) is 2.77. The lowest BCUT2D eigenvalue weighted by Crippen LogP contribution is -2.45. The molecular formula is C15H30N2. The van der Waals surface area contributed by atoms with Crippen LogP contribution in [-0.4, -0.2) is 37.1 Å². The van der Waals surface area contributed by atoms with E-state index in [2.05, 4.69) is 17.1 Å². The molecule has 1 heterocycles. The number of hydrogen-bond donors (Lipinski definition) is 1. The van der Waals surface area contributed by atoms with Gasteiger partial charge in [0.1, 0.15) is 0 Å². The van der Waals surface area contributed by atoms with Gasteiger partial charge in [-0.25, -0.2) is 0 Å². The van der Waals surface area contributed by atoms with E-state index in [-0.39, 0.29) is 0 Å². The molecule has 0 spiro atoms. The van der Waals surface area contributed by atoms with Gasteiger partial charge in [-0.3, -0.25) is 4.90 Å². The van der Waals surface area contributed by atoms with Crippen LogP contribution >= 0.6 is 0 Å². The maximum atomic E-state index is 3.61. The number of nitrogens with one attached hydrogen (secondary N) is 1. The third-order valence-corrected chi connectivity index (χ3v) is 4.64. The Morgan fingerprint density at radius 2 is 1.94 bits per heavy atom. The highest BCUT2D eigenvalue weighted by Gasteiger charge is 2.34. The lowest BCUT2D eigenvalue weighted by atomic mass is 9.92. The van der Waals surface area contributed by atoms with Crippen molar-refractivity contribution in [2.75, 3.05) is 26.2 Å². The van der Waals surface area contributed by atoms with Crippen molar-refractivity contribution in [3.8, 4) is 0 Å². The Labute approximate surface area is 107 Å². The van der Waals surface area contributed by atoms with Crippen molar-refractivity contribution in [2.45, 2.75) is 64.3 Å². The molecule has 2 unspecified atom stereocenters. The van der Waals surface area contributed by atoms with Crippen LogP contribution < -0.4 is 5.32 Å². The molecule has 0 aromatic heterocycles. The number of hydrogen-bond acceptors (Lipinski definition) is 2. The first-order valence-corrected chi connectivity index (χ1v) is 7.86. The monoisotopic (exact) mass is 238 g/mol. The van der Waals surface area contributed by atoms with Crippen LogP contribution in [-0.2, 0) is 0 Å². The van der Waals surface area contributed by atoms with E-state index in [0.29, 0.717) is 0 Å². The summed E-state index contributed by atoms with van der Waals surface area (Å²) < 4.78 is 0. The zero-order chi connectivity index (χ0) is 11.9. The van der Waals surface area contributed by atoms with Crippen LogP contribution in [0.5, 0.6) is 0 Å². The third kappa shape index (κ3) is 3.96. The first kappa shape index (κ1) is 13.4. The summed E-state index contributed by atoms with van der Waals surface area (Å²) in [5.74, 6) is 1.05. The van der Waals surface area contributed by atoms with Crippen molar-refractivity contribution in [1.29, 1.82) is 0 Å². The average Bonchev–Trinajstić information content (AvgIpc) is 2.82. The number of rotatable bonds is 7. The molecule has 0 bridgehead atoms. The van der Waals surface area contributed by atoms with Gasteiger partial charge in [0.2, 0.25) is 0 Å². The zero-order valence-corrected chi connectivity index (χ0v) is 11.6. The van der Waals surface area contributed by atoms with Crippen molar-refractivity contribution in [3.63, 3.8) is 0 Å². The Balaban J connectivity index is 1.58. The molecule has 2 aliphatic rings. The van der Waals surface area contributed by atoms with Crippen LogP contribution in [0.3, 0.4) is 0 Å². The maximum absolute atomic E-state index is 3.61. The second kappa shape index (κ2) is 7.38. The standard InChI is InChI=1S/C15H30N2/c1-2-3-4-10-16-11-13-17-12-6-8-14-7-5-9-15(14)17/h14-16H,2-13H2,1H3. The van der Waals surface area contributed by atoms with Crippen molar-refractivity contribution in [2.24, 2.45) is 5.92 Å². The fourth-order valence-electron chi connectivity index (χ4n) is 3.68. The molecule has 1 aliphatic heterocycles. The van der Waals surface area contributed by atoms with Crippen molar-refractivity contribution in [1.82, 2.24) is 10.2 Å². The van der Waals surface area contributed by atoms with Gasteiger partial charge >= 0.3 is 0 Å². The highest BCUT2D eigenvalue weighted by atomic mass is 15.2. The van der Waals surface area contributed by atoms with Crippen LogP contribution in [0, 0.1) is 5.92 Å². The normalized spacial score (nSPS) is 29.5. The van der Waals surface area contributed by atoms with Gasteiger partial charge in [0.05, 0.1) is 0 Å². The van der Waals surface area contributed by atoms with Crippen molar-refractivity contribution < 1.29 is 0 Å². The van der Waals surface area contributed by atoms with Crippen molar-refractivity contribution in [3.05, 3.63) is 0 Å². The fourth-order valence-corrected chi connectivity index (χ4v) is 3.68. The SMILES string of the molecule is CCCCCNCCN1CCCC2CCCC21. The van der Waals surface area contributed by atoms with E-state index in [1.165, 1.54) is 77.5 Å². The Kier molecular flexibility index (Phi) is 5.79. The van der Waals surface area contributed by atoms with E-state index in [1.54, 1.807) is 0 Å². The number of nitrogens with zero attached hydrogens (tertiary/aromatic N) is 1. The van der Waals surface area contributed by atoms with Gasteiger partial charge in [-0.15, -0.1) is 0 Å². The lowest BCUT2D eigenvalue weighted by molar-refractivity contribution is 0.114. The Bertz CT molecular complexity index is 205. The highest BCUT2D eigenvalue weighted by Crippen LogP contribution is 2.36. The van der Waals surface area contributed by atoms with Gasteiger partial charge in [-0.1, -0.05) is 26.2 Å². The summed E-state index contributed by atoms with van der Waals surface area (Å²) in [5, 5.41) is 3.61. The number of unbranched alkanes of at least 4 members (excludes halogenated alkanes) is 2. The largest absolute Gasteiger partial charge is 0.315 e. The van der Waals surface area contributed by atoms with Crippen LogP contribution in [0.15, 0.2) is 0 Å². The predicted octanol–water partition coefficient (Wildman–Crippen LogP) is 3.03. The minimum atomic E-state index is 0.946. The first-order chi connectivity index (χ1) is 8.42. The molecule has 0 aromatic carbocycles. The molecular weight excluding hydrogens is 208 g/mol. The van der Waals surface area contributed by atoms with Crippen LogP contribution in [0.1, 0.15) is 58.3 Å². The molecule has 1 saturated heterocycles. The molecule has 2 atom stereocenters. The number of likely N-dealkylation sites (tertiary alicyclic amines) is 1. The molecule has 2 nitrogen and oxygen atoms in total. The van der Waals surface area contributed by atoms with Gasteiger partial charge in [0.25, 0.3) is 0 Å². The second-order valence-electron chi connectivity index (χ2n) is 5.89. The Hall–Kier alpha value is -0.0800. The summed E-state index contributed by atoms with van der Waals surface area (Å²) in [5.41, 5.74) is 0. The second-order valence-corrected chi connectivity index (χ2v) is 5.89. The number of piperidine rings is 1. The Morgan fingerprint density at radius 1 is 1.06 bits per heavy atom. The van der Waals surface area contributed by atoms with Crippen LogP contribution in [0.4, 0.5) is 0 Å². The summed E-state index contributed by atoms with van der Waals surface area (Å²) in [6.45, 7) is 7.34. The molecule has 1 aliphatic carbocycles. The first-order valence-electron chi connectivity index (χ1n) is 7.86. The summed E-state index contributed by atoms with van der Waals surface area (Å²) in [6.07, 6.45) is 11.5. The average molecular weight is 238 g/mol. The quantitative estimate of drug-likeness (QED) is 0.686. The van der Waals surface area contributed by atoms with E-state index in [4.69, 9.17) is 0 Å². The lowest BCUT2D eigenvalue weighted by Gasteiger charge is -2.37. The van der Waals surface area contributed by atoms with Gasteiger partial charge in [-0.05, 0) is 51.1 Å². The van der Waals surface area contributed by atoms with Crippen molar-refractivity contribution >= 4 is 0 Å². The van der Waals surface area contributed by atoms with Gasteiger partial charge < -0.3 is 5.32 Å². The molecule has 2 fully saturated rings. The molecule has 2 heteroatoms. The van der Waals surface area contributed by atoms with E-state index < -0.39 is 0 Å². The van der Waals surface area contributed by atoms with E-state index >= 15 is 0 Å². The predicted molar refractivity (Wildman–Crippen MR) is 74.3 cm³/mol. The van der Waals surface area contributed by atoms with Crippen LogP contribution in [0.25, 0.3) is 0 Å². The van der Waals surface area contributed by atoms with Gasteiger partial charge in [0.15, 0.2) is 0 Å². The van der Waals surface area contributed by atoms with E-state index in [9.17, 15) is 0 Å². The molecule has 17 heavy (non-hydrogen) atoms. The molecule has 2 rings (SSSR count).